The molecule has 0 aliphatic rings. The molecule has 1 unspecified atom stereocenters. The number of carboxylic acid groups (broad SMARTS) is 1. The molecule has 2 aromatic rings. The third kappa shape index (κ3) is 7.48. The number of methoxy groups -OCH3 is 1. The topological polar surface area (TPSA) is 94.1 Å². The highest BCUT2D eigenvalue weighted by atomic mass is 35.5. The average Bonchev–Trinajstić information content (AvgIpc) is 2.65. The van der Waals surface area contributed by atoms with Crippen LogP contribution >= 0.6 is 11.6 Å². The first-order chi connectivity index (χ1) is 14.1. The fourth-order valence-electron chi connectivity index (χ4n) is 2.65. The van der Waals surface area contributed by atoms with Crippen LogP contribution in [-0.2, 0) is 22.6 Å². The molecule has 0 radical (unpaired) electrons. The number of nitrogens with one attached hydrogen (secondary N) is 1. The number of alkyl carbamates (subject to hydrolysis) is 1. The van der Waals surface area contributed by atoms with Crippen molar-refractivity contribution in [3.63, 3.8) is 0 Å². The third-order valence-corrected chi connectivity index (χ3v) is 4.23. The van der Waals surface area contributed by atoms with Crippen molar-refractivity contribution < 1.29 is 28.9 Å². The molecule has 0 heterocycles. The minimum absolute atomic E-state index is 0.0759. The van der Waals surface area contributed by atoms with Gasteiger partial charge in [-0.3, -0.25) is 0 Å². The van der Waals surface area contributed by atoms with Crippen molar-refractivity contribution in [2.24, 2.45) is 0 Å². The molecule has 0 fully saturated rings. The van der Waals surface area contributed by atoms with E-state index in [1.54, 1.807) is 70.3 Å². The summed E-state index contributed by atoms with van der Waals surface area (Å²) in [5.41, 5.74) is 0.722. The van der Waals surface area contributed by atoms with E-state index in [-0.39, 0.29) is 13.0 Å². The van der Waals surface area contributed by atoms with Gasteiger partial charge in [-0.2, -0.15) is 0 Å². The van der Waals surface area contributed by atoms with Gasteiger partial charge in [0.2, 0.25) is 0 Å². The minimum atomic E-state index is -1.16. The lowest BCUT2D eigenvalue weighted by Gasteiger charge is -2.22. The molecule has 2 rings (SSSR count). The van der Waals surface area contributed by atoms with Gasteiger partial charge in [0.1, 0.15) is 29.7 Å². The van der Waals surface area contributed by atoms with Gasteiger partial charge < -0.3 is 24.6 Å². The zero-order valence-corrected chi connectivity index (χ0v) is 18.2. The van der Waals surface area contributed by atoms with Crippen LogP contribution in [0.4, 0.5) is 4.79 Å². The van der Waals surface area contributed by atoms with Gasteiger partial charge in [0.05, 0.1) is 7.11 Å². The molecule has 0 spiro atoms. The van der Waals surface area contributed by atoms with Crippen molar-refractivity contribution in [2.75, 3.05) is 7.11 Å². The largest absolute Gasteiger partial charge is 0.496 e. The van der Waals surface area contributed by atoms with Gasteiger partial charge >= 0.3 is 12.1 Å². The van der Waals surface area contributed by atoms with E-state index in [1.807, 2.05) is 0 Å². The maximum Gasteiger partial charge on any atom is 0.408 e. The number of hydrogen-bond donors (Lipinski definition) is 2. The Labute approximate surface area is 180 Å². The van der Waals surface area contributed by atoms with Crippen LogP contribution in [-0.4, -0.2) is 35.9 Å². The van der Waals surface area contributed by atoms with Crippen LogP contribution in [0.15, 0.2) is 42.5 Å². The monoisotopic (exact) mass is 435 g/mol. The van der Waals surface area contributed by atoms with Crippen LogP contribution in [0.1, 0.15) is 31.9 Å². The lowest BCUT2D eigenvalue weighted by atomic mass is 10.0. The minimum Gasteiger partial charge on any atom is -0.496 e. The molecular formula is C22H26ClNO6. The van der Waals surface area contributed by atoms with Gasteiger partial charge in [-0.15, -0.1) is 0 Å². The van der Waals surface area contributed by atoms with E-state index in [1.165, 1.54) is 0 Å². The molecule has 162 valence electrons. The highest BCUT2D eigenvalue weighted by molar-refractivity contribution is 6.30. The van der Waals surface area contributed by atoms with E-state index in [2.05, 4.69) is 5.32 Å². The number of carbonyl (C=O) groups is 2. The molecule has 1 amide bonds. The Bertz CT molecular complexity index is 876. The summed E-state index contributed by atoms with van der Waals surface area (Å²) in [6.45, 7) is 5.34. The number of carboxylic acids is 1. The smallest absolute Gasteiger partial charge is 0.408 e. The quantitative estimate of drug-likeness (QED) is 0.636. The Morgan fingerprint density at radius 2 is 1.80 bits per heavy atom. The number of halogens is 1. The summed E-state index contributed by atoms with van der Waals surface area (Å²) in [5, 5.41) is 12.5. The Morgan fingerprint density at radius 1 is 1.13 bits per heavy atom. The van der Waals surface area contributed by atoms with E-state index in [0.29, 0.717) is 22.1 Å². The zero-order chi connectivity index (χ0) is 22.3. The number of carbonyl (C=O) groups excluding carboxylic acids is 1. The molecule has 8 heteroatoms. The number of amides is 1. The highest BCUT2D eigenvalue weighted by Gasteiger charge is 2.24. The molecule has 7 nitrogen and oxygen atoms in total. The molecule has 0 aliphatic heterocycles. The fraction of sp³-hybridized carbons (Fsp3) is 0.364. The maximum absolute atomic E-state index is 12.0. The van der Waals surface area contributed by atoms with Crippen LogP contribution < -0.4 is 14.8 Å². The SMILES string of the molecule is COc1ccc(CC(NC(=O)OC(C)(C)C)C(=O)O)cc1COc1ccc(Cl)cc1. The molecule has 0 saturated heterocycles. The highest BCUT2D eigenvalue weighted by Crippen LogP contribution is 2.24. The molecule has 0 saturated carbocycles. The Kier molecular flexibility index (Phi) is 7.94. The van der Waals surface area contributed by atoms with Crippen LogP contribution in [0, 0.1) is 0 Å². The molecular weight excluding hydrogens is 410 g/mol. The lowest BCUT2D eigenvalue weighted by Crippen LogP contribution is -2.44. The number of rotatable bonds is 8. The average molecular weight is 436 g/mol. The van der Waals surface area contributed by atoms with E-state index >= 15 is 0 Å². The molecule has 30 heavy (non-hydrogen) atoms. The second kappa shape index (κ2) is 10.2. The number of ether oxygens (including phenoxy) is 3. The van der Waals surface area contributed by atoms with Crippen LogP contribution in [0.2, 0.25) is 5.02 Å². The molecule has 1 atom stereocenters. The van der Waals surface area contributed by atoms with Crippen molar-refractivity contribution in [1.29, 1.82) is 0 Å². The predicted molar refractivity (Wildman–Crippen MR) is 113 cm³/mol. The standard InChI is InChI=1S/C22H26ClNO6/c1-22(2,3)30-21(27)24-18(20(25)26)12-14-5-10-19(28-4)15(11-14)13-29-17-8-6-16(23)7-9-17/h5-11,18H,12-13H2,1-4H3,(H,24,27)(H,25,26). The summed E-state index contributed by atoms with van der Waals surface area (Å²) in [6.07, 6.45) is -0.707. The summed E-state index contributed by atoms with van der Waals surface area (Å²) in [7, 11) is 1.55. The maximum atomic E-state index is 12.0. The normalized spacial score (nSPS) is 12.0. The first-order valence-corrected chi connectivity index (χ1v) is 9.71. The molecule has 2 N–H and O–H groups in total. The van der Waals surface area contributed by atoms with Crippen molar-refractivity contribution in [2.45, 2.75) is 45.4 Å². The van der Waals surface area contributed by atoms with Crippen LogP contribution in [0.3, 0.4) is 0 Å². The van der Waals surface area contributed by atoms with Gasteiger partial charge in [0.15, 0.2) is 0 Å². The van der Waals surface area contributed by atoms with Gasteiger partial charge in [0.25, 0.3) is 0 Å². The second-order valence-electron chi connectivity index (χ2n) is 7.63. The van der Waals surface area contributed by atoms with Crippen molar-refractivity contribution in [1.82, 2.24) is 5.32 Å². The van der Waals surface area contributed by atoms with Crippen LogP contribution in [0.5, 0.6) is 11.5 Å². The van der Waals surface area contributed by atoms with E-state index in [4.69, 9.17) is 25.8 Å². The number of aliphatic carboxylic acids is 1. The van der Waals surface area contributed by atoms with Gasteiger partial charge in [-0.25, -0.2) is 9.59 Å². The Balaban J connectivity index is 2.11. The zero-order valence-electron chi connectivity index (χ0n) is 17.4. The van der Waals surface area contributed by atoms with E-state index < -0.39 is 23.7 Å². The lowest BCUT2D eigenvalue weighted by molar-refractivity contribution is -0.139. The second-order valence-corrected chi connectivity index (χ2v) is 8.07. The predicted octanol–water partition coefficient (Wildman–Crippen LogP) is 4.45. The summed E-state index contributed by atoms with van der Waals surface area (Å²) >= 11 is 5.88. The van der Waals surface area contributed by atoms with Crippen molar-refractivity contribution in [3.8, 4) is 11.5 Å². The Morgan fingerprint density at radius 3 is 2.37 bits per heavy atom. The first-order valence-electron chi connectivity index (χ1n) is 9.34. The van der Waals surface area contributed by atoms with Crippen molar-refractivity contribution >= 4 is 23.7 Å². The first kappa shape index (κ1) is 23.3. The van der Waals surface area contributed by atoms with Gasteiger partial charge in [-0.05, 0) is 62.7 Å². The molecule has 0 aliphatic carbocycles. The number of hydrogen-bond acceptors (Lipinski definition) is 5. The van der Waals surface area contributed by atoms with Gasteiger partial charge in [-0.1, -0.05) is 17.7 Å². The van der Waals surface area contributed by atoms with E-state index in [9.17, 15) is 14.7 Å². The van der Waals surface area contributed by atoms with Gasteiger partial charge in [0, 0.05) is 17.0 Å². The van der Waals surface area contributed by atoms with E-state index in [0.717, 1.165) is 5.56 Å². The Hall–Kier alpha value is -2.93. The number of benzene rings is 2. The molecule has 0 aromatic heterocycles. The van der Waals surface area contributed by atoms with Crippen LogP contribution in [0.25, 0.3) is 0 Å². The summed E-state index contributed by atoms with van der Waals surface area (Å²) in [4.78, 5) is 23.6. The molecule has 0 bridgehead atoms. The molecule has 2 aromatic carbocycles. The van der Waals surface area contributed by atoms with Crippen molar-refractivity contribution in [3.05, 3.63) is 58.6 Å². The summed E-state index contributed by atoms with van der Waals surface area (Å²) in [5.74, 6) is 0.0946. The summed E-state index contributed by atoms with van der Waals surface area (Å²) < 4.78 is 16.3. The fourth-order valence-corrected chi connectivity index (χ4v) is 2.78. The summed E-state index contributed by atoms with van der Waals surface area (Å²) in [6, 6.07) is 11.1. The third-order valence-electron chi connectivity index (χ3n) is 3.98.